The standard InChI is InChI=1S/C18H16N6O/c1-2-13-11-17(24-18(23-13)20-12-21-24)22-14-4-3-5-16(10-14)25-15-6-8-19-9-7-15/h3-12,22H,2H2,1H3. The minimum atomic E-state index is 0.575. The lowest BCUT2D eigenvalue weighted by Gasteiger charge is -2.11. The largest absolute Gasteiger partial charge is 0.457 e. The van der Waals surface area contributed by atoms with Gasteiger partial charge in [-0.15, -0.1) is 0 Å². The minimum absolute atomic E-state index is 0.575. The molecule has 7 heteroatoms. The van der Waals surface area contributed by atoms with Gasteiger partial charge in [0, 0.05) is 35.9 Å². The van der Waals surface area contributed by atoms with Gasteiger partial charge in [-0.3, -0.25) is 4.98 Å². The third-order valence-electron chi connectivity index (χ3n) is 3.66. The Morgan fingerprint density at radius 1 is 1.08 bits per heavy atom. The molecule has 7 nitrogen and oxygen atoms in total. The first-order chi connectivity index (χ1) is 12.3. The summed E-state index contributed by atoms with van der Waals surface area (Å²) < 4.78 is 7.52. The highest BCUT2D eigenvalue weighted by atomic mass is 16.5. The van der Waals surface area contributed by atoms with E-state index in [1.54, 1.807) is 16.9 Å². The third kappa shape index (κ3) is 3.25. The van der Waals surface area contributed by atoms with Crippen LogP contribution in [-0.2, 0) is 6.42 Å². The maximum absolute atomic E-state index is 5.85. The van der Waals surface area contributed by atoms with E-state index >= 15 is 0 Å². The topological polar surface area (TPSA) is 77.2 Å². The van der Waals surface area contributed by atoms with Crippen molar-refractivity contribution in [1.82, 2.24) is 24.6 Å². The number of nitrogens with zero attached hydrogens (tertiary/aromatic N) is 5. The van der Waals surface area contributed by atoms with Gasteiger partial charge in [0.15, 0.2) is 0 Å². The number of anilines is 2. The van der Waals surface area contributed by atoms with E-state index in [0.717, 1.165) is 35.1 Å². The molecule has 0 fully saturated rings. The summed E-state index contributed by atoms with van der Waals surface area (Å²) >= 11 is 0. The normalized spacial score (nSPS) is 10.8. The van der Waals surface area contributed by atoms with Crippen molar-refractivity contribution >= 4 is 17.3 Å². The van der Waals surface area contributed by atoms with Crippen LogP contribution < -0.4 is 10.1 Å². The highest BCUT2D eigenvalue weighted by molar-refractivity contribution is 5.60. The van der Waals surface area contributed by atoms with Crippen molar-refractivity contribution in [3.8, 4) is 11.5 Å². The first-order valence-corrected chi connectivity index (χ1v) is 7.96. The molecule has 0 unspecified atom stereocenters. The molecule has 0 saturated heterocycles. The highest BCUT2D eigenvalue weighted by Crippen LogP contribution is 2.25. The lowest BCUT2D eigenvalue weighted by Crippen LogP contribution is -2.03. The van der Waals surface area contributed by atoms with Gasteiger partial charge in [0.05, 0.1) is 0 Å². The molecule has 3 aromatic heterocycles. The van der Waals surface area contributed by atoms with Crippen LogP contribution in [0.25, 0.3) is 5.78 Å². The van der Waals surface area contributed by atoms with Gasteiger partial charge in [-0.1, -0.05) is 13.0 Å². The molecule has 4 rings (SSSR count). The molecule has 0 radical (unpaired) electrons. The van der Waals surface area contributed by atoms with Crippen molar-refractivity contribution in [2.24, 2.45) is 0 Å². The smallest absolute Gasteiger partial charge is 0.254 e. The Balaban J connectivity index is 1.63. The molecule has 0 aliphatic rings. The number of pyridine rings is 1. The third-order valence-corrected chi connectivity index (χ3v) is 3.66. The van der Waals surface area contributed by atoms with Crippen molar-refractivity contribution < 1.29 is 4.74 Å². The lowest BCUT2D eigenvalue weighted by molar-refractivity contribution is 0.482. The van der Waals surface area contributed by atoms with Crippen LogP contribution >= 0.6 is 0 Å². The van der Waals surface area contributed by atoms with E-state index in [9.17, 15) is 0 Å². The molecule has 25 heavy (non-hydrogen) atoms. The lowest BCUT2D eigenvalue weighted by atomic mass is 10.3. The summed E-state index contributed by atoms with van der Waals surface area (Å²) in [5.74, 6) is 2.85. The summed E-state index contributed by atoms with van der Waals surface area (Å²) in [4.78, 5) is 12.6. The first-order valence-electron chi connectivity index (χ1n) is 7.96. The molecular weight excluding hydrogens is 316 g/mol. The summed E-state index contributed by atoms with van der Waals surface area (Å²) in [6.07, 6.45) is 5.71. The number of fused-ring (bicyclic) bond motifs is 1. The number of nitrogens with one attached hydrogen (secondary N) is 1. The zero-order valence-electron chi connectivity index (χ0n) is 13.6. The molecule has 0 atom stereocenters. The van der Waals surface area contributed by atoms with Crippen molar-refractivity contribution in [1.29, 1.82) is 0 Å². The van der Waals surface area contributed by atoms with E-state index in [1.165, 1.54) is 6.33 Å². The quantitative estimate of drug-likeness (QED) is 0.601. The minimum Gasteiger partial charge on any atom is -0.457 e. The summed E-state index contributed by atoms with van der Waals surface area (Å²) in [6.45, 7) is 2.06. The number of hydrogen-bond donors (Lipinski definition) is 1. The second kappa shape index (κ2) is 6.56. The van der Waals surface area contributed by atoms with Crippen LogP contribution in [0.3, 0.4) is 0 Å². The molecule has 124 valence electrons. The Hall–Kier alpha value is -3.48. The monoisotopic (exact) mass is 332 g/mol. The van der Waals surface area contributed by atoms with Crippen LogP contribution in [0.15, 0.2) is 61.2 Å². The van der Waals surface area contributed by atoms with Crippen LogP contribution in [0.2, 0.25) is 0 Å². The second-order valence-corrected chi connectivity index (χ2v) is 5.40. The summed E-state index contributed by atoms with van der Waals surface area (Å²) in [5, 5.41) is 7.58. The van der Waals surface area contributed by atoms with Gasteiger partial charge in [-0.05, 0) is 30.7 Å². The van der Waals surface area contributed by atoms with Gasteiger partial charge in [0.2, 0.25) is 0 Å². The van der Waals surface area contributed by atoms with Gasteiger partial charge in [-0.25, -0.2) is 4.98 Å². The Labute approximate surface area is 144 Å². The van der Waals surface area contributed by atoms with E-state index < -0.39 is 0 Å². The molecule has 4 aromatic rings. The van der Waals surface area contributed by atoms with E-state index in [-0.39, 0.29) is 0 Å². The molecule has 0 bridgehead atoms. The summed E-state index contributed by atoms with van der Waals surface area (Å²) in [7, 11) is 0. The SMILES string of the molecule is CCc1cc(Nc2cccc(Oc3ccncc3)c2)n2ncnc2n1. The Kier molecular flexibility index (Phi) is 3.96. The van der Waals surface area contributed by atoms with Crippen LogP contribution in [0.4, 0.5) is 11.5 Å². The number of rotatable bonds is 5. The maximum Gasteiger partial charge on any atom is 0.254 e. The summed E-state index contributed by atoms with van der Waals surface area (Å²) in [6, 6.07) is 13.3. The fraction of sp³-hybridized carbons (Fsp3) is 0.111. The molecule has 3 heterocycles. The zero-order valence-corrected chi connectivity index (χ0v) is 13.6. The van der Waals surface area contributed by atoms with Gasteiger partial charge in [0.1, 0.15) is 23.6 Å². The second-order valence-electron chi connectivity index (χ2n) is 5.40. The number of hydrogen-bond acceptors (Lipinski definition) is 6. The van der Waals surface area contributed by atoms with Gasteiger partial charge in [0.25, 0.3) is 5.78 Å². The summed E-state index contributed by atoms with van der Waals surface area (Å²) in [5.41, 5.74) is 1.84. The Bertz CT molecular complexity index is 999. The molecular formula is C18H16N6O. The average Bonchev–Trinajstić information content (AvgIpc) is 3.12. The maximum atomic E-state index is 5.85. The van der Waals surface area contributed by atoms with E-state index in [1.807, 2.05) is 42.5 Å². The fourth-order valence-corrected chi connectivity index (χ4v) is 2.46. The van der Waals surface area contributed by atoms with Crippen molar-refractivity contribution in [3.63, 3.8) is 0 Å². The van der Waals surface area contributed by atoms with Crippen molar-refractivity contribution in [3.05, 3.63) is 66.9 Å². The zero-order chi connectivity index (χ0) is 17.1. The molecule has 0 amide bonds. The number of aryl methyl sites for hydroxylation is 1. The number of ether oxygens (including phenoxy) is 1. The van der Waals surface area contributed by atoms with Gasteiger partial charge >= 0.3 is 0 Å². The Morgan fingerprint density at radius 2 is 1.96 bits per heavy atom. The highest BCUT2D eigenvalue weighted by Gasteiger charge is 2.08. The molecule has 1 N–H and O–H groups in total. The van der Waals surface area contributed by atoms with E-state index in [4.69, 9.17) is 4.74 Å². The predicted molar refractivity (Wildman–Crippen MR) is 94.2 cm³/mol. The number of aromatic nitrogens is 5. The molecule has 0 aliphatic heterocycles. The van der Waals surface area contributed by atoms with Crippen LogP contribution in [-0.4, -0.2) is 24.6 Å². The van der Waals surface area contributed by atoms with Gasteiger partial charge in [-0.2, -0.15) is 14.6 Å². The molecule has 0 aliphatic carbocycles. The average molecular weight is 332 g/mol. The van der Waals surface area contributed by atoms with Gasteiger partial charge < -0.3 is 10.1 Å². The van der Waals surface area contributed by atoms with Crippen LogP contribution in [0, 0.1) is 0 Å². The number of benzene rings is 1. The first kappa shape index (κ1) is 15.1. The molecule has 0 spiro atoms. The fourth-order valence-electron chi connectivity index (χ4n) is 2.46. The molecule has 0 saturated carbocycles. The van der Waals surface area contributed by atoms with Crippen LogP contribution in [0.1, 0.15) is 12.6 Å². The van der Waals surface area contributed by atoms with Crippen LogP contribution in [0.5, 0.6) is 11.5 Å². The van der Waals surface area contributed by atoms with Crippen molar-refractivity contribution in [2.45, 2.75) is 13.3 Å². The van der Waals surface area contributed by atoms with E-state index in [0.29, 0.717) is 5.78 Å². The van der Waals surface area contributed by atoms with E-state index in [2.05, 4.69) is 32.3 Å². The van der Waals surface area contributed by atoms with Crippen molar-refractivity contribution in [2.75, 3.05) is 5.32 Å². The Morgan fingerprint density at radius 3 is 2.80 bits per heavy atom. The predicted octanol–water partition coefficient (Wildman–Crippen LogP) is 3.62. The molecule has 1 aromatic carbocycles.